The molecule has 0 saturated carbocycles. The van der Waals surface area contributed by atoms with E-state index in [0.717, 1.165) is 24.0 Å². The predicted molar refractivity (Wildman–Crippen MR) is 65.0 cm³/mol. The van der Waals surface area contributed by atoms with Crippen LogP contribution in [0, 0.1) is 5.41 Å². The number of hydrogen-bond acceptors (Lipinski definition) is 3. The lowest BCUT2D eigenvalue weighted by Crippen LogP contribution is -2.31. The van der Waals surface area contributed by atoms with Crippen LogP contribution in [0.15, 0.2) is 18.2 Å². The van der Waals surface area contributed by atoms with Crippen LogP contribution in [0.4, 0.5) is 0 Å². The van der Waals surface area contributed by atoms with Crippen LogP contribution >= 0.6 is 0 Å². The minimum atomic E-state index is -0.598. The van der Waals surface area contributed by atoms with Gasteiger partial charge in [0.1, 0.15) is 5.75 Å². The van der Waals surface area contributed by atoms with Gasteiger partial charge in [0.05, 0.1) is 12.5 Å². The van der Waals surface area contributed by atoms with E-state index in [1.807, 2.05) is 26.0 Å². The molecule has 0 aliphatic heterocycles. The van der Waals surface area contributed by atoms with Crippen LogP contribution in [0.25, 0.3) is 0 Å². The zero-order valence-corrected chi connectivity index (χ0v) is 10.5. The first-order valence-electron chi connectivity index (χ1n) is 5.87. The van der Waals surface area contributed by atoms with Gasteiger partial charge in [0.15, 0.2) is 0 Å². The number of phenolic OH excluding ortho intramolecular Hbond substituents is 1. The van der Waals surface area contributed by atoms with Crippen molar-refractivity contribution >= 4 is 5.97 Å². The molecule has 1 N–H and O–H groups in total. The molecule has 17 heavy (non-hydrogen) atoms. The van der Waals surface area contributed by atoms with Gasteiger partial charge in [0.2, 0.25) is 0 Å². The molecule has 0 heterocycles. The Morgan fingerprint density at radius 1 is 1.47 bits per heavy atom. The Hall–Kier alpha value is -1.51. The molecule has 2 rings (SSSR count). The van der Waals surface area contributed by atoms with Gasteiger partial charge in [-0.05, 0) is 38.3 Å². The van der Waals surface area contributed by atoms with Crippen LogP contribution in [0.5, 0.6) is 5.75 Å². The molecular weight excluding hydrogens is 216 g/mol. The SMILES string of the molecule is COC(=O)C(C)(C)C1CCc2cccc(O)c21. The van der Waals surface area contributed by atoms with Crippen LogP contribution in [0.1, 0.15) is 37.3 Å². The van der Waals surface area contributed by atoms with Crippen molar-refractivity contribution < 1.29 is 14.6 Å². The lowest BCUT2D eigenvalue weighted by molar-refractivity contribution is -0.152. The first kappa shape index (κ1) is 12.0. The molecule has 0 fully saturated rings. The number of aromatic hydroxyl groups is 1. The number of phenols is 1. The van der Waals surface area contributed by atoms with Crippen LogP contribution in [0.2, 0.25) is 0 Å². The Morgan fingerprint density at radius 2 is 2.18 bits per heavy atom. The summed E-state index contributed by atoms with van der Waals surface area (Å²) in [6, 6.07) is 5.55. The van der Waals surface area contributed by atoms with Crippen molar-refractivity contribution in [1.82, 2.24) is 0 Å². The van der Waals surface area contributed by atoms with E-state index < -0.39 is 5.41 Å². The van der Waals surface area contributed by atoms with E-state index >= 15 is 0 Å². The summed E-state index contributed by atoms with van der Waals surface area (Å²) in [5.74, 6) is 0.103. The van der Waals surface area contributed by atoms with Crippen LogP contribution in [0.3, 0.4) is 0 Å². The second-order valence-electron chi connectivity index (χ2n) is 5.15. The lowest BCUT2D eigenvalue weighted by atomic mass is 9.75. The number of esters is 1. The Kier molecular flexibility index (Phi) is 2.86. The number of benzene rings is 1. The summed E-state index contributed by atoms with van der Waals surface area (Å²) in [6.07, 6.45) is 1.80. The fourth-order valence-corrected chi connectivity index (χ4v) is 2.79. The third-order valence-corrected chi connectivity index (χ3v) is 3.81. The highest BCUT2D eigenvalue weighted by Crippen LogP contribution is 2.48. The zero-order valence-electron chi connectivity index (χ0n) is 10.5. The summed E-state index contributed by atoms with van der Waals surface area (Å²) in [4.78, 5) is 11.8. The number of carbonyl (C=O) groups is 1. The second kappa shape index (κ2) is 4.06. The highest BCUT2D eigenvalue weighted by Gasteiger charge is 2.43. The second-order valence-corrected chi connectivity index (χ2v) is 5.15. The molecule has 1 unspecified atom stereocenters. The van der Waals surface area contributed by atoms with E-state index in [9.17, 15) is 9.90 Å². The number of methoxy groups -OCH3 is 1. The van der Waals surface area contributed by atoms with Crippen molar-refractivity contribution in [3.63, 3.8) is 0 Å². The van der Waals surface area contributed by atoms with Gasteiger partial charge in [-0.1, -0.05) is 12.1 Å². The van der Waals surface area contributed by atoms with Crippen LogP contribution in [-0.2, 0) is 16.0 Å². The molecule has 1 aliphatic carbocycles. The molecule has 0 bridgehead atoms. The molecule has 0 radical (unpaired) electrons. The van der Waals surface area contributed by atoms with Crippen molar-refractivity contribution in [3.8, 4) is 5.75 Å². The van der Waals surface area contributed by atoms with Crippen LogP contribution in [-0.4, -0.2) is 18.2 Å². The predicted octanol–water partition coefficient (Wildman–Crippen LogP) is 2.62. The number of aryl methyl sites for hydroxylation is 1. The Balaban J connectivity index is 2.43. The third-order valence-electron chi connectivity index (χ3n) is 3.81. The largest absolute Gasteiger partial charge is 0.508 e. The molecular formula is C14H18O3. The summed E-state index contributed by atoms with van der Waals surface area (Å²) >= 11 is 0. The molecule has 1 aromatic carbocycles. The van der Waals surface area contributed by atoms with Gasteiger partial charge in [0, 0.05) is 11.5 Å². The number of ether oxygens (including phenoxy) is 1. The topological polar surface area (TPSA) is 46.5 Å². The lowest BCUT2D eigenvalue weighted by Gasteiger charge is -2.29. The molecule has 0 saturated heterocycles. The van der Waals surface area contributed by atoms with Gasteiger partial charge >= 0.3 is 5.97 Å². The van der Waals surface area contributed by atoms with Gasteiger partial charge in [0.25, 0.3) is 0 Å². The maximum Gasteiger partial charge on any atom is 0.311 e. The van der Waals surface area contributed by atoms with Crippen molar-refractivity contribution in [1.29, 1.82) is 0 Å². The van der Waals surface area contributed by atoms with Gasteiger partial charge in [-0.3, -0.25) is 4.79 Å². The molecule has 1 atom stereocenters. The summed E-state index contributed by atoms with van der Waals surface area (Å²) in [5.41, 5.74) is 1.47. The van der Waals surface area contributed by atoms with E-state index in [0.29, 0.717) is 5.75 Å². The van der Waals surface area contributed by atoms with Crippen molar-refractivity contribution in [2.75, 3.05) is 7.11 Å². The standard InChI is InChI=1S/C14H18O3/c1-14(2,13(16)17-3)10-8-7-9-5-4-6-11(15)12(9)10/h4-6,10,15H,7-8H2,1-3H3. The van der Waals surface area contributed by atoms with E-state index in [1.165, 1.54) is 7.11 Å². The molecule has 3 nitrogen and oxygen atoms in total. The molecule has 0 amide bonds. The van der Waals surface area contributed by atoms with E-state index in [2.05, 4.69) is 0 Å². The van der Waals surface area contributed by atoms with E-state index in [-0.39, 0.29) is 11.9 Å². The van der Waals surface area contributed by atoms with E-state index in [4.69, 9.17) is 4.74 Å². The monoisotopic (exact) mass is 234 g/mol. The fourth-order valence-electron chi connectivity index (χ4n) is 2.79. The fraction of sp³-hybridized carbons (Fsp3) is 0.500. The average Bonchev–Trinajstić information content (AvgIpc) is 2.73. The number of hydrogen-bond donors (Lipinski definition) is 1. The molecule has 1 aliphatic rings. The first-order chi connectivity index (χ1) is 7.98. The Labute approximate surface area is 101 Å². The summed E-state index contributed by atoms with van der Waals surface area (Å²) < 4.78 is 4.86. The molecule has 3 heteroatoms. The highest BCUT2D eigenvalue weighted by atomic mass is 16.5. The van der Waals surface area contributed by atoms with E-state index in [1.54, 1.807) is 6.07 Å². The highest BCUT2D eigenvalue weighted by molar-refractivity contribution is 5.78. The summed E-state index contributed by atoms with van der Waals surface area (Å²) in [5, 5.41) is 9.97. The maximum absolute atomic E-state index is 11.8. The summed E-state index contributed by atoms with van der Waals surface area (Å²) in [6.45, 7) is 3.76. The number of rotatable bonds is 2. The van der Waals surface area contributed by atoms with Crippen molar-refractivity contribution in [2.24, 2.45) is 5.41 Å². The molecule has 0 aromatic heterocycles. The zero-order chi connectivity index (χ0) is 12.6. The molecule has 1 aromatic rings. The van der Waals surface area contributed by atoms with Gasteiger partial charge in [-0.25, -0.2) is 0 Å². The minimum Gasteiger partial charge on any atom is -0.508 e. The summed E-state index contributed by atoms with van der Waals surface area (Å²) in [7, 11) is 1.41. The van der Waals surface area contributed by atoms with Crippen molar-refractivity contribution in [2.45, 2.75) is 32.6 Å². The van der Waals surface area contributed by atoms with Gasteiger partial charge in [-0.15, -0.1) is 0 Å². The average molecular weight is 234 g/mol. The smallest absolute Gasteiger partial charge is 0.311 e. The number of fused-ring (bicyclic) bond motifs is 1. The molecule has 0 spiro atoms. The van der Waals surface area contributed by atoms with Crippen molar-refractivity contribution in [3.05, 3.63) is 29.3 Å². The third kappa shape index (κ3) is 1.79. The normalized spacial score (nSPS) is 18.9. The first-order valence-corrected chi connectivity index (χ1v) is 5.87. The Morgan fingerprint density at radius 3 is 2.82 bits per heavy atom. The quantitative estimate of drug-likeness (QED) is 0.800. The number of carbonyl (C=O) groups excluding carboxylic acids is 1. The minimum absolute atomic E-state index is 0.0335. The Bertz CT molecular complexity index is 449. The van der Waals surface area contributed by atoms with Gasteiger partial charge < -0.3 is 9.84 Å². The van der Waals surface area contributed by atoms with Crippen LogP contribution < -0.4 is 0 Å². The molecule has 92 valence electrons. The van der Waals surface area contributed by atoms with Gasteiger partial charge in [-0.2, -0.15) is 0 Å². The maximum atomic E-state index is 11.8.